The number of benzene rings is 2. The van der Waals surface area contributed by atoms with Crippen LogP contribution in [0.2, 0.25) is 0 Å². The third-order valence-corrected chi connectivity index (χ3v) is 9.06. The van der Waals surface area contributed by atoms with Gasteiger partial charge in [-0.1, -0.05) is 42.1 Å². The van der Waals surface area contributed by atoms with E-state index in [2.05, 4.69) is 65.1 Å². The van der Waals surface area contributed by atoms with Crippen LogP contribution in [-0.2, 0) is 18.3 Å². The Morgan fingerprint density at radius 3 is 2.82 bits per heavy atom. The van der Waals surface area contributed by atoms with Gasteiger partial charge in [0.05, 0.1) is 18.3 Å². The van der Waals surface area contributed by atoms with Gasteiger partial charge in [-0.25, -0.2) is 4.57 Å². The van der Waals surface area contributed by atoms with E-state index in [1.54, 1.807) is 23.1 Å². The molecule has 34 heavy (non-hydrogen) atoms. The molecule has 1 atom stereocenters. The number of hydrogen-bond donors (Lipinski definition) is 0. The summed E-state index contributed by atoms with van der Waals surface area (Å²) < 4.78 is 11.6. The van der Waals surface area contributed by atoms with Crippen molar-refractivity contribution in [2.45, 2.75) is 30.4 Å². The average molecular weight is 489 g/mol. The van der Waals surface area contributed by atoms with Gasteiger partial charge in [0.2, 0.25) is 5.69 Å². The standard InChI is InChI=1S/C27H26N3O2S2/c1-28-14-6-5-9-19(28)16-23-30(17-20-10-7-15-32-20)26(31)25(34-23)27-29(2)24-21-11-4-3-8-18(21)12-13-22(24)33-27/h3-6,8-9,11-14,16,20H,7,10,15,17H2,1-2H3/q+1/b27-25+. The molecule has 5 nitrogen and oxygen atoms in total. The molecule has 4 heterocycles. The lowest BCUT2D eigenvalue weighted by Gasteiger charge is -2.15. The second-order valence-corrected chi connectivity index (χ2v) is 10.9. The number of pyridine rings is 1. The van der Waals surface area contributed by atoms with Crippen molar-refractivity contribution in [1.82, 2.24) is 4.57 Å². The van der Waals surface area contributed by atoms with Crippen LogP contribution >= 0.6 is 23.1 Å². The van der Waals surface area contributed by atoms with Crippen LogP contribution < -0.4 is 24.2 Å². The van der Waals surface area contributed by atoms with Gasteiger partial charge in [0.25, 0.3) is 5.56 Å². The van der Waals surface area contributed by atoms with Crippen LogP contribution in [-0.4, -0.2) is 24.3 Å². The number of aromatic nitrogens is 2. The molecule has 0 amide bonds. The summed E-state index contributed by atoms with van der Waals surface area (Å²) in [6.07, 6.45) is 6.30. The first-order chi connectivity index (χ1) is 16.6. The number of nitrogens with zero attached hydrogens (tertiary/aromatic N) is 3. The van der Waals surface area contributed by atoms with Gasteiger partial charge in [0.1, 0.15) is 21.3 Å². The molecule has 1 saturated heterocycles. The summed E-state index contributed by atoms with van der Waals surface area (Å²) in [5, 5.41) is 3.42. The Labute approximate surface area is 206 Å². The van der Waals surface area contributed by atoms with Crippen LogP contribution in [0.5, 0.6) is 0 Å². The molecule has 0 spiro atoms. The second-order valence-electron chi connectivity index (χ2n) is 8.80. The fraction of sp³-hybridized carbons (Fsp3) is 0.259. The van der Waals surface area contributed by atoms with Crippen LogP contribution in [0, 0.1) is 0 Å². The van der Waals surface area contributed by atoms with Crippen molar-refractivity contribution < 1.29 is 9.30 Å². The summed E-state index contributed by atoms with van der Waals surface area (Å²) in [7, 11) is 4.10. The minimum absolute atomic E-state index is 0.0665. The first kappa shape index (κ1) is 21.6. The molecule has 4 aromatic rings. The maximum Gasteiger partial charge on any atom is 0.271 e. The van der Waals surface area contributed by atoms with Gasteiger partial charge in [-0.05, 0) is 30.4 Å². The highest BCUT2D eigenvalue weighted by atomic mass is 32.2. The molecule has 6 rings (SSSR count). The number of hydrogen-bond acceptors (Lipinski definition) is 5. The SMILES string of the molecule is CN1/C(=c2\s/c(=C\c3cccc[n+]3C)n(CC3CCCO3)c2=O)Sc2ccc3ccccc3c21. The van der Waals surface area contributed by atoms with Crippen molar-refractivity contribution in [3.8, 4) is 0 Å². The van der Waals surface area contributed by atoms with E-state index in [-0.39, 0.29) is 11.7 Å². The van der Waals surface area contributed by atoms with Crippen molar-refractivity contribution in [2.75, 3.05) is 18.6 Å². The monoisotopic (exact) mass is 488 g/mol. The van der Waals surface area contributed by atoms with E-state index in [1.807, 2.05) is 29.9 Å². The topological polar surface area (TPSA) is 38.4 Å². The molecule has 2 aromatic heterocycles. The van der Waals surface area contributed by atoms with E-state index in [4.69, 9.17) is 4.74 Å². The number of rotatable bonds is 3. The Balaban J connectivity index is 1.55. The van der Waals surface area contributed by atoms with Crippen molar-refractivity contribution in [2.24, 2.45) is 7.05 Å². The van der Waals surface area contributed by atoms with E-state index >= 15 is 0 Å². The number of ether oxygens (including phenoxy) is 1. The lowest BCUT2D eigenvalue weighted by Crippen LogP contribution is -2.37. The summed E-state index contributed by atoms with van der Waals surface area (Å²) in [5.41, 5.74) is 2.30. The van der Waals surface area contributed by atoms with E-state index in [9.17, 15) is 4.79 Å². The Bertz CT molecular complexity index is 1580. The predicted octanol–water partition coefficient (Wildman–Crippen LogP) is 3.20. The van der Waals surface area contributed by atoms with Crippen LogP contribution in [0.3, 0.4) is 0 Å². The minimum Gasteiger partial charge on any atom is -0.376 e. The summed E-state index contributed by atoms with van der Waals surface area (Å²) >= 11 is 3.27. The fourth-order valence-corrected chi connectivity index (χ4v) is 7.21. The smallest absolute Gasteiger partial charge is 0.271 e. The maximum absolute atomic E-state index is 13.8. The average Bonchev–Trinajstić information content (AvgIpc) is 3.56. The second kappa shape index (κ2) is 8.73. The van der Waals surface area contributed by atoms with Crippen molar-refractivity contribution in [1.29, 1.82) is 0 Å². The molecule has 1 unspecified atom stereocenters. The third-order valence-electron chi connectivity index (χ3n) is 6.59. The molecule has 0 aliphatic carbocycles. The zero-order chi connectivity index (χ0) is 23.2. The summed E-state index contributed by atoms with van der Waals surface area (Å²) in [6.45, 7) is 1.37. The number of fused-ring (bicyclic) bond motifs is 3. The first-order valence-electron chi connectivity index (χ1n) is 11.6. The lowest BCUT2D eigenvalue weighted by molar-refractivity contribution is -0.673. The summed E-state index contributed by atoms with van der Waals surface area (Å²) in [4.78, 5) is 17.2. The molecule has 7 heteroatoms. The molecule has 1 fully saturated rings. The lowest BCUT2D eigenvalue weighted by atomic mass is 10.1. The van der Waals surface area contributed by atoms with Gasteiger partial charge in [-0.3, -0.25) is 9.36 Å². The molecule has 0 saturated carbocycles. The molecule has 172 valence electrons. The number of aryl methyl sites for hydroxylation is 1. The molecule has 2 aromatic carbocycles. The van der Waals surface area contributed by atoms with Gasteiger partial charge in [-0.15, -0.1) is 11.3 Å². The third kappa shape index (κ3) is 3.68. The van der Waals surface area contributed by atoms with Crippen molar-refractivity contribution >= 4 is 50.7 Å². The van der Waals surface area contributed by atoms with Crippen molar-refractivity contribution in [3.63, 3.8) is 0 Å². The van der Waals surface area contributed by atoms with E-state index in [1.165, 1.54) is 21.4 Å². The highest BCUT2D eigenvalue weighted by molar-refractivity contribution is 8.08. The quantitative estimate of drug-likeness (QED) is 0.415. The summed E-state index contributed by atoms with van der Waals surface area (Å²) in [6, 6.07) is 18.9. The van der Waals surface area contributed by atoms with Crippen molar-refractivity contribution in [3.05, 3.63) is 86.0 Å². The fourth-order valence-electron chi connectivity index (χ4n) is 4.78. The maximum atomic E-state index is 13.8. The molecule has 2 aliphatic heterocycles. The Kier molecular flexibility index (Phi) is 5.56. The highest BCUT2D eigenvalue weighted by Crippen LogP contribution is 2.48. The number of thioether (sulfide) groups is 1. The van der Waals surface area contributed by atoms with E-state index in [0.717, 1.165) is 39.4 Å². The molecule has 2 aliphatic rings. The number of thiazole rings is 1. The van der Waals surface area contributed by atoms with E-state index < -0.39 is 0 Å². The predicted molar refractivity (Wildman–Crippen MR) is 140 cm³/mol. The minimum atomic E-state index is 0.0665. The zero-order valence-electron chi connectivity index (χ0n) is 19.2. The Morgan fingerprint density at radius 1 is 1.15 bits per heavy atom. The largest absolute Gasteiger partial charge is 0.376 e. The van der Waals surface area contributed by atoms with Crippen LogP contribution in [0.15, 0.2) is 70.5 Å². The molecule has 0 bridgehead atoms. The Hall–Kier alpha value is -2.87. The zero-order valence-corrected chi connectivity index (χ0v) is 20.9. The van der Waals surface area contributed by atoms with Crippen LogP contribution in [0.4, 0.5) is 5.69 Å². The molecular formula is C27H26N3O2S2+. The van der Waals surface area contributed by atoms with Gasteiger partial charge in [0, 0.05) is 42.1 Å². The van der Waals surface area contributed by atoms with Gasteiger partial charge in [0.15, 0.2) is 6.20 Å². The molecular weight excluding hydrogens is 462 g/mol. The van der Waals surface area contributed by atoms with Gasteiger partial charge >= 0.3 is 0 Å². The van der Waals surface area contributed by atoms with Crippen LogP contribution in [0.25, 0.3) is 21.9 Å². The van der Waals surface area contributed by atoms with Gasteiger partial charge < -0.3 is 9.64 Å². The highest BCUT2D eigenvalue weighted by Gasteiger charge is 2.27. The molecule has 0 N–H and O–H groups in total. The van der Waals surface area contributed by atoms with Gasteiger partial charge in [-0.2, -0.15) is 0 Å². The van der Waals surface area contributed by atoms with E-state index in [0.29, 0.717) is 6.54 Å². The summed E-state index contributed by atoms with van der Waals surface area (Å²) in [5.74, 6) is 0. The normalized spacial score (nSPS) is 19.9. The first-order valence-corrected chi connectivity index (χ1v) is 13.2. The van der Waals surface area contributed by atoms with Crippen LogP contribution in [0.1, 0.15) is 18.5 Å². The Morgan fingerprint density at radius 2 is 2.00 bits per heavy atom. The number of anilines is 1. The molecule has 0 radical (unpaired) electrons.